The second kappa shape index (κ2) is 10.9. The highest BCUT2D eigenvalue weighted by Crippen LogP contribution is 2.44. The fourth-order valence-electron chi connectivity index (χ4n) is 6.35. The van der Waals surface area contributed by atoms with Crippen LogP contribution in [0.3, 0.4) is 0 Å². The minimum Gasteiger partial charge on any atom is -0.389 e. The molecule has 0 atom stereocenters. The number of rotatable bonds is 7. The fourth-order valence-corrected chi connectivity index (χ4v) is 8.11. The lowest BCUT2D eigenvalue weighted by molar-refractivity contribution is -0.143. The summed E-state index contributed by atoms with van der Waals surface area (Å²) in [5.41, 5.74) is 4.03. The third kappa shape index (κ3) is 5.06. The molecule has 3 fully saturated rings. The Labute approximate surface area is 258 Å². The van der Waals surface area contributed by atoms with Crippen LogP contribution >= 0.6 is 22.7 Å². The number of hydrogen-bond acceptors (Lipinski definition) is 11. The minimum absolute atomic E-state index is 0.128. The molecule has 224 valence electrons. The first-order valence-corrected chi connectivity index (χ1v) is 16.4. The van der Waals surface area contributed by atoms with Gasteiger partial charge in [-0.05, 0) is 39.3 Å². The van der Waals surface area contributed by atoms with Crippen molar-refractivity contribution in [3.8, 4) is 17.3 Å². The number of aryl methyl sites for hydroxylation is 2. The predicted octanol–water partition coefficient (Wildman–Crippen LogP) is 3.53. The Morgan fingerprint density at radius 1 is 1.16 bits per heavy atom. The maximum atomic E-state index is 12.4. The van der Waals surface area contributed by atoms with E-state index in [4.69, 9.17) is 15.1 Å². The third-order valence-electron chi connectivity index (χ3n) is 9.03. The number of anilines is 3. The molecule has 4 aromatic rings. The Kier molecular flexibility index (Phi) is 7.12. The number of thiazole rings is 1. The molecule has 13 heteroatoms. The van der Waals surface area contributed by atoms with Gasteiger partial charge in [0, 0.05) is 44.2 Å². The number of nitriles is 1. The summed E-state index contributed by atoms with van der Waals surface area (Å²) < 4.78 is 1.93. The van der Waals surface area contributed by atoms with Gasteiger partial charge in [0.1, 0.15) is 16.6 Å². The van der Waals surface area contributed by atoms with E-state index in [1.807, 2.05) is 47.7 Å². The number of aliphatic hydroxyl groups excluding tert-OH is 1. The first kappa shape index (κ1) is 28.2. The van der Waals surface area contributed by atoms with E-state index < -0.39 is 0 Å². The highest BCUT2D eigenvalue weighted by Gasteiger charge is 2.46. The lowest BCUT2D eigenvalue weighted by atomic mass is 9.72. The molecule has 0 bridgehead atoms. The molecule has 6 heterocycles. The van der Waals surface area contributed by atoms with Crippen LogP contribution in [0.1, 0.15) is 35.9 Å². The molecule has 0 aliphatic carbocycles. The molecule has 11 nitrogen and oxygen atoms in total. The predicted molar refractivity (Wildman–Crippen MR) is 168 cm³/mol. The van der Waals surface area contributed by atoms with Crippen LogP contribution in [0.25, 0.3) is 16.2 Å². The second-order valence-corrected chi connectivity index (χ2v) is 14.0. The molecular weight excluding hydrogens is 583 g/mol. The number of aliphatic hydroxyl groups is 1. The van der Waals surface area contributed by atoms with Gasteiger partial charge in [-0.1, -0.05) is 59.4 Å². The van der Waals surface area contributed by atoms with E-state index in [9.17, 15) is 15.2 Å². The molecule has 0 radical (unpaired) electrons. The monoisotopic (exact) mass is 617 g/mol. The number of imidazole rings is 1. The minimum atomic E-state index is -0.353. The first-order chi connectivity index (χ1) is 20.8. The number of carbonyl (C=O) groups excluding carboxylic acids is 1. The van der Waals surface area contributed by atoms with Crippen molar-refractivity contribution in [2.75, 3.05) is 62.7 Å². The van der Waals surface area contributed by atoms with Gasteiger partial charge in [0.25, 0.3) is 0 Å². The van der Waals surface area contributed by atoms with Crippen LogP contribution in [0.5, 0.6) is 0 Å². The van der Waals surface area contributed by atoms with Crippen molar-refractivity contribution in [3.63, 3.8) is 0 Å². The molecule has 1 aromatic carbocycles. The fraction of sp³-hybridized carbons (Fsp3) is 0.500. The molecule has 7 rings (SSSR count). The van der Waals surface area contributed by atoms with Gasteiger partial charge in [0.05, 0.1) is 18.3 Å². The van der Waals surface area contributed by atoms with Crippen molar-refractivity contribution in [3.05, 3.63) is 40.4 Å². The lowest BCUT2D eigenvalue weighted by Gasteiger charge is -2.54. The zero-order valence-corrected chi connectivity index (χ0v) is 26.3. The van der Waals surface area contributed by atoms with Crippen LogP contribution in [-0.2, 0) is 11.2 Å². The molecule has 3 aliphatic rings. The SMILES string of the molecule is CCc1nc2sc(N3CC4(CCN(CC(=O)N5CC(O)C5)CC4)C3)nn2c1N(C)c1nc(-c2ccc(C)cc2)c(C#N)s1. The number of carbonyl (C=O) groups is 1. The lowest BCUT2D eigenvalue weighted by Crippen LogP contribution is -2.61. The molecule has 3 aliphatic heterocycles. The summed E-state index contributed by atoms with van der Waals surface area (Å²) in [4.78, 5) is 32.1. The third-order valence-corrected chi connectivity index (χ3v) is 11.0. The van der Waals surface area contributed by atoms with E-state index in [1.165, 1.54) is 16.9 Å². The number of β-amino-alcohol motifs (C(OH)–C–C–N with tert-alkyl or cyclic N) is 1. The topological polar surface area (TPSA) is 117 Å². The van der Waals surface area contributed by atoms with Crippen molar-refractivity contribution in [1.29, 1.82) is 5.26 Å². The summed E-state index contributed by atoms with van der Waals surface area (Å²) >= 11 is 3.00. The van der Waals surface area contributed by atoms with Gasteiger partial charge in [-0.25, -0.2) is 9.97 Å². The molecule has 0 unspecified atom stereocenters. The van der Waals surface area contributed by atoms with Gasteiger partial charge in [-0.3, -0.25) is 9.69 Å². The molecule has 1 amide bonds. The van der Waals surface area contributed by atoms with Crippen molar-refractivity contribution >= 4 is 49.6 Å². The Hall–Kier alpha value is -3.57. The average molecular weight is 618 g/mol. The van der Waals surface area contributed by atoms with Gasteiger partial charge in [-0.2, -0.15) is 9.78 Å². The zero-order chi connectivity index (χ0) is 29.9. The Balaban J connectivity index is 1.05. The van der Waals surface area contributed by atoms with E-state index in [-0.39, 0.29) is 17.4 Å². The molecule has 0 saturated carbocycles. The van der Waals surface area contributed by atoms with Gasteiger partial charge in [0.2, 0.25) is 16.0 Å². The van der Waals surface area contributed by atoms with Crippen LogP contribution in [0, 0.1) is 23.7 Å². The van der Waals surface area contributed by atoms with E-state index >= 15 is 0 Å². The number of likely N-dealkylation sites (tertiary alicyclic amines) is 2. The molecule has 3 aromatic heterocycles. The molecule has 1 spiro atoms. The number of nitrogens with zero attached hydrogens (tertiary/aromatic N) is 9. The van der Waals surface area contributed by atoms with Gasteiger partial charge in [0.15, 0.2) is 10.9 Å². The average Bonchev–Trinajstić information content (AvgIpc) is 3.67. The summed E-state index contributed by atoms with van der Waals surface area (Å²) in [6.45, 7) is 9.32. The van der Waals surface area contributed by atoms with Crippen molar-refractivity contribution in [2.45, 2.75) is 39.2 Å². The zero-order valence-electron chi connectivity index (χ0n) is 24.7. The maximum absolute atomic E-state index is 12.4. The standard InChI is InChI=1S/C30H35N9O2S2/c1-4-22-26(35(3)27-33-25(23(13-31)42-27)20-7-5-19(2)6-8-20)39-28(32-22)43-29(34-39)38-17-30(18-38)9-11-36(12-10-30)16-24(41)37-14-21(40)15-37/h5-8,21,40H,4,9-12,14-18H2,1-3H3. The van der Waals surface area contributed by atoms with Gasteiger partial charge in [-0.15, -0.1) is 5.10 Å². The summed E-state index contributed by atoms with van der Waals surface area (Å²) in [5, 5.41) is 26.1. The summed E-state index contributed by atoms with van der Waals surface area (Å²) in [5.74, 6) is 1.01. The maximum Gasteiger partial charge on any atom is 0.236 e. The van der Waals surface area contributed by atoms with Crippen molar-refractivity contribution in [1.82, 2.24) is 29.4 Å². The molecular formula is C30H35N9O2S2. The second-order valence-electron chi connectivity index (χ2n) is 12.1. The summed E-state index contributed by atoms with van der Waals surface area (Å²) in [7, 11) is 1.97. The summed E-state index contributed by atoms with van der Waals surface area (Å²) in [6, 6.07) is 10.4. The van der Waals surface area contributed by atoms with Crippen LogP contribution in [0.4, 0.5) is 16.1 Å². The number of amides is 1. The largest absolute Gasteiger partial charge is 0.389 e. The van der Waals surface area contributed by atoms with E-state index in [2.05, 4.69) is 22.8 Å². The number of fused-ring (bicyclic) bond motifs is 1. The highest BCUT2D eigenvalue weighted by molar-refractivity contribution is 7.20. The van der Waals surface area contributed by atoms with Crippen molar-refractivity contribution in [2.24, 2.45) is 5.41 Å². The number of benzene rings is 1. The first-order valence-electron chi connectivity index (χ1n) is 14.8. The van der Waals surface area contributed by atoms with Crippen LogP contribution in [0.15, 0.2) is 24.3 Å². The van der Waals surface area contributed by atoms with Crippen molar-refractivity contribution < 1.29 is 9.90 Å². The van der Waals surface area contributed by atoms with E-state index in [0.29, 0.717) is 30.2 Å². The van der Waals surface area contributed by atoms with E-state index in [0.717, 1.165) is 77.7 Å². The quantitative estimate of drug-likeness (QED) is 0.332. The van der Waals surface area contributed by atoms with E-state index in [1.54, 1.807) is 16.2 Å². The Morgan fingerprint density at radius 3 is 2.53 bits per heavy atom. The highest BCUT2D eigenvalue weighted by atomic mass is 32.1. The normalized spacial score (nSPS) is 18.6. The van der Waals surface area contributed by atoms with Crippen LogP contribution < -0.4 is 9.80 Å². The molecule has 43 heavy (non-hydrogen) atoms. The van der Waals surface area contributed by atoms with Crippen LogP contribution in [-0.4, -0.2) is 99.4 Å². The number of hydrogen-bond donors (Lipinski definition) is 1. The molecule has 3 saturated heterocycles. The van der Waals surface area contributed by atoms with Gasteiger partial charge >= 0.3 is 0 Å². The molecule has 1 N–H and O–H groups in total. The van der Waals surface area contributed by atoms with Crippen LogP contribution in [0.2, 0.25) is 0 Å². The Bertz CT molecular complexity index is 1700. The smallest absolute Gasteiger partial charge is 0.236 e. The number of piperidine rings is 1. The number of aromatic nitrogens is 4. The Morgan fingerprint density at radius 2 is 1.88 bits per heavy atom. The summed E-state index contributed by atoms with van der Waals surface area (Å²) in [6.07, 6.45) is 2.56. The van der Waals surface area contributed by atoms with Gasteiger partial charge < -0.3 is 19.8 Å².